The van der Waals surface area contributed by atoms with Gasteiger partial charge in [-0.15, -0.1) is 10.2 Å². The van der Waals surface area contributed by atoms with Crippen molar-refractivity contribution in [1.29, 1.82) is 0 Å². The van der Waals surface area contributed by atoms with Crippen molar-refractivity contribution in [1.82, 2.24) is 25.2 Å². The minimum Gasteiger partial charge on any atom is -0.317 e. The zero-order chi connectivity index (χ0) is 27.5. The molecule has 3 atom stereocenters. The van der Waals surface area contributed by atoms with Gasteiger partial charge in [0.25, 0.3) is 0 Å². The van der Waals surface area contributed by atoms with Crippen molar-refractivity contribution in [3.63, 3.8) is 0 Å². The summed E-state index contributed by atoms with van der Waals surface area (Å²) in [5.74, 6) is 1.24. The number of nitrogens with one attached hydrogen (secondary N) is 1. The van der Waals surface area contributed by atoms with Crippen LogP contribution in [0.3, 0.4) is 0 Å². The number of ketones is 1. The molecule has 4 aliphatic rings. The number of Topliss-reactive ketones (excluding diaryl/α,β-unsaturated/α-hetero) is 1. The van der Waals surface area contributed by atoms with Gasteiger partial charge < -0.3 is 9.99 Å². The summed E-state index contributed by atoms with van der Waals surface area (Å²) >= 11 is 0. The summed E-state index contributed by atoms with van der Waals surface area (Å²) in [5, 5.41) is 12.5. The van der Waals surface area contributed by atoms with Crippen LogP contribution in [0.2, 0.25) is 0 Å². The van der Waals surface area contributed by atoms with Gasteiger partial charge in [-0.1, -0.05) is 42.5 Å². The fourth-order valence-corrected chi connectivity index (χ4v) is 6.80. The molecule has 8 heteroatoms. The highest BCUT2D eigenvalue weighted by molar-refractivity contribution is 5.88. The van der Waals surface area contributed by atoms with Gasteiger partial charge in [0.05, 0.1) is 24.0 Å². The second-order valence-electron chi connectivity index (χ2n) is 11.5. The molecule has 2 aliphatic carbocycles. The Balaban J connectivity index is 1.13. The van der Waals surface area contributed by atoms with Gasteiger partial charge in [0, 0.05) is 48.9 Å². The van der Waals surface area contributed by atoms with Gasteiger partial charge in [-0.25, -0.2) is 4.98 Å². The van der Waals surface area contributed by atoms with E-state index in [0.29, 0.717) is 12.8 Å². The van der Waals surface area contributed by atoms with Crippen LogP contribution in [0.15, 0.2) is 65.0 Å². The maximum atomic E-state index is 13.7. The van der Waals surface area contributed by atoms with E-state index >= 15 is 0 Å². The Hall–Kier alpha value is -4.72. The fraction of sp³-hybridized carbons (Fsp3) is 0.273. The molecule has 2 aliphatic heterocycles. The molecule has 3 unspecified atom stereocenters. The number of carbonyl (C=O) groups excluding carboxylic acids is 1. The van der Waals surface area contributed by atoms with Crippen molar-refractivity contribution in [2.45, 2.75) is 44.2 Å². The second kappa shape index (κ2) is 9.44. The van der Waals surface area contributed by atoms with Crippen LogP contribution in [-0.4, -0.2) is 44.0 Å². The van der Waals surface area contributed by atoms with Gasteiger partial charge in [0.15, 0.2) is 5.82 Å². The normalized spacial score (nSPS) is 21.2. The molecule has 2 aromatic carbocycles. The van der Waals surface area contributed by atoms with E-state index in [-0.39, 0.29) is 23.7 Å². The van der Waals surface area contributed by atoms with Crippen LogP contribution in [0, 0.1) is 5.92 Å². The second-order valence-corrected chi connectivity index (χ2v) is 11.5. The zero-order valence-corrected chi connectivity index (χ0v) is 22.8. The monoisotopic (exact) mass is 539 g/mol. The van der Waals surface area contributed by atoms with E-state index in [1.54, 1.807) is 6.33 Å². The van der Waals surface area contributed by atoms with Crippen LogP contribution < -0.4 is 5.43 Å². The topological polar surface area (TPSA) is 97.4 Å². The largest absolute Gasteiger partial charge is 0.317 e. The van der Waals surface area contributed by atoms with E-state index in [9.17, 15) is 4.79 Å². The summed E-state index contributed by atoms with van der Waals surface area (Å²) in [4.78, 5) is 23.4. The molecule has 0 saturated heterocycles. The maximum absolute atomic E-state index is 13.7. The third kappa shape index (κ3) is 4.05. The predicted molar refractivity (Wildman–Crippen MR) is 159 cm³/mol. The summed E-state index contributed by atoms with van der Waals surface area (Å²) < 4.78 is 1.89. The van der Waals surface area contributed by atoms with E-state index in [4.69, 9.17) is 4.98 Å². The van der Waals surface area contributed by atoms with Crippen LogP contribution in [-0.2, 0) is 37.6 Å². The number of rotatable bonds is 5. The minimum absolute atomic E-state index is 0.0409. The Bertz CT molecular complexity index is 1800. The molecule has 1 N–H and O–H groups in total. The standard InChI is InChI=1S/C33H29N7O/c1-40-18-36-39-33(40)20-4-2-19(3-5-20)12-30(41)21-8-9-25-26(14-21)32(22-6-7-23-15-34-16-24(23)13-22)37-29-11-10-28-27(31(25)29)17-35-38-28/h2-7,10-11,13,16-18,21,27-28,38H,8-9,12,14-15H2,1H3. The van der Waals surface area contributed by atoms with E-state index < -0.39 is 0 Å². The summed E-state index contributed by atoms with van der Waals surface area (Å²) in [6.07, 6.45) is 12.8. The molecule has 0 radical (unpaired) electrons. The molecule has 0 fully saturated rings. The van der Waals surface area contributed by atoms with Crippen molar-refractivity contribution in [3.8, 4) is 22.6 Å². The number of hydrogen-bond donors (Lipinski definition) is 1. The molecule has 4 aromatic rings. The van der Waals surface area contributed by atoms with Gasteiger partial charge in [0.1, 0.15) is 12.1 Å². The lowest BCUT2D eigenvalue weighted by Gasteiger charge is -2.32. The van der Waals surface area contributed by atoms with Gasteiger partial charge >= 0.3 is 0 Å². The Morgan fingerprint density at radius 3 is 2.83 bits per heavy atom. The van der Waals surface area contributed by atoms with Gasteiger partial charge in [0.2, 0.25) is 0 Å². The molecule has 8 rings (SSSR count). The van der Waals surface area contributed by atoms with Crippen molar-refractivity contribution < 1.29 is 4.79 Å². The summed E-state index contributed by atoms with van der Waals surface area (Å²) in [5.41, 5.74) is 14.6. The highest BCUT2D eigenvalue weighted by Crippen LogP contribution is 2.42. The van der Waals surface area contributed by atoms with Gasteiger partial charge in [-0.2, -0.15) is 5.10 Å². The molecule has 2 aromatic heterocycles. The number of hydrogen-bond acceptors (Lipinski definition) is 7. The fourth-order valence-electron chi connectivity index (χ4n) is 6.80. The molecule has 0 saturated carbocycles. The Morgan fingerprint density at radius 2 is 1.98 bits per heavy atom. The highest BCUT2D eigenvalue weighted by Gasteiger charge is 2.36. The molecular weight excluding hydrogens is 510 g/mol. The first-order valence-electron chi connectivity index (χ1n) is 14.2. The first-order valence-corrected chi connectivity index (χ1v) is 14.2. The number of nitrogens with zero attached hydrogens (tertiary/aromatic N) is 6. The van der Waals surface area contributed by atoms with E-state index in [1.807, 2.05) is 48.3 Å². The highest BCUT2D eigenvalue weighted by atomic mass is 16.1. The summed E-state index contributed by atoms with van der Waals surface area (Å²) in [6, 6.07) is 14.8. The van der Waals surface area contributed by atoms with Crippen molar-refractivity contribution in [2.24, 2.45) is 23.1 Å². The maximum Gasteiger partial charge on any atom is 0.163 e. The van der Waals surface area contributed by atoms with E-state index in [2.05, 4.69) is 56.1 Å². The van der Waals surface area contributed by atoms with Crippen molar-refractivity contribution in [3.05, 3.63) is 93.9 Å². The zero-order valence-electron chi connectivity index (χ0n) is 22.8. The quantitative estimate of drug-likeness (QED) is 0.404. The smallest absolute Gasteiger partial charge is 0.163 e. The number of carbonyl (C=O) groups is 1. The molecule has 0 amide bonds. The third-order valence-corrected chi connectivity index (χ3v) is 8.99. The van der Waals surface area contributed by atoms with Gasteiger partial charge in [-0.05, 0) is 64.8 Å². The average molecular weight is 540 g/mol. The Kier molecular flexibility index (Phi) is 5.55. The number of aryl methyl sites for hydroxylation is 1. The molecular formula is C33H29N7O. The molecule has 41 heavy (non-hydrogen) atoms. The molecule has 0 spiro atoms. The van der Waals surface area contributed by atoms with Crippen molar-refractivity contribution in [2.75, 3.05) is 0 Å². The Morgan fingerprint density at radius 1 is 1.10 bits per heavy atom. The molecule has 0 bridgehead atoms. The number of benzene rings is 2. The Labute approximate surface area is 238 Å². The van der Waals surface area contributed by atoms with E-state index in [0.717, 1.165) is 58.9 Å². The number of aromatic nitrogens is 4. The first-order chi connectivity index (χ1) is 20.1. The molecule has 202 valence electrons. The predicted octanol–water partition coefficient (Wildman–Crippen LogP) is 4.46. The first kappa shape index (κ1) is 24.1. The summed E-state index contributed by atoms with van der Waals surface area (Å²) in [7, 11) is 1.93. The average Bonchev–Trinajstić information content (AvgIpc) is 3.77. The van der Waals surface area contributed by atoms with Gasteiger partial charge in [-0.3, -0.25) is 9.79 Å². The van der Waals surface area contributed by atoms with Crippen LogP contribution in [0.25, 0.3) is 28.7 Å². The molecule has 4 heterocycles. The van der Waals surface area contributed by atoms with Crippen LogP contribution in [0.1, 0.15) is 51.4 Å². The van der Waals surface area contributed by atoms with Crippen LogP contribution >= 0.6 is 0 Å². The number of hydrazone groups is 1. The number of fused-ring (bicyclic) bond motifs is 6. The lowest BCUT2D eigenvalue weighted by atomic mass is 9.73. The third-order valence-electron chi connectivity index (χ3n) is 8.99. The summed E-state index contributed by atoms with van der Waals surface area (Å²) in [6.45, 7) is 0.736. The van der Waals surface area contributed by atoms with Crippen LogP contribution in [0.4, 0.5) is 0 Å². The lowest BCUT2D eigenvalue weighted by molar-refractivity contribution is -0.122. The minimum atomic E-state index is -0.0409. The van der Waals surface area contributed by atoms with Crippen molar-refractivity contribution >= 4 is 24.3 Å². The SMILES string of the molecule is Cn1cnnc1-c1ccc(CC(=O)C2CCc3c(c(-c4ccc5c(c4)C=NC5)nc4c3C3C=NNC3C=C4)C2)cc1. The van der Waals surface area contributed by atoms with Crippen LogP contribution in [0.5, 0.6) is 0 Å². The number of pyridine rings is 1. The lowest BCUT2D eigenvalue weighted by Crippen LogP contribution is -2.31. The number of aliphatic imine (C=N–C) groups is 1. The molecule has 8 nitrogen and oxygen atoms in total. The van der Waals surface area contributed by atoms with E-state index in [1.165, 1.54) is 22.3 Å².